The van der Waals surface area contributed by atoms with Crippen molar-refractivity contribution in [3.63, 3.8) is 0 Å². The van der Waals surface area contributed by atoms with Gasteiger partial charge in [-0.1, -0.05) is 30.3 Å². The average Bonchev–Trinajstić information content (AvgIpc) is 2.76. The van der Waals surface area contributed by atoms with Gasteiger partial charge in [0.25, 0.3) is 0 Å². The number of esters is 1. The van der Waals surface area contributed by atoms with Crippen molar-refractivity contribution in [2.24, 2.45) is 0 Å². The summed E-state index contributed by atoms with van der Waals surface area (Å²) in [7, 11) is 0. The molecule has 0 spiro atoms. The van der Waals surface area contributed by atoms with Crippen LogP contribution in [0.25, 0.3) is 0 Å². The number of fused-ring (bicyclic) bond motifs is 1. The molecule has 146 valence electrons. The molecule has 6 heteroatoms. The molecule has 0 aromatic heterocycles. The van der Waals surface area contributed by atoms with Crippen LogP contribution in [0.4, 0.5) is 4.39 Å². The van der Waals surface area contributed by atoms with Gasteiger partial charge in [0.1, 0.15) is 25.6 Å². The Morgan fingerprint density at radius 1 is 0.862 bits per heavy atom. The van der Waals surface area contributed by atoms with E-state index in [2.05, 4.69) is 0 Å². The van der Waals surface area contributed by atoms with Crippen molar-refractivity contribution in [2.45, 2.75) is 6.61 Å². The number of carbonyl (C=O) groups excluding carboxylic acids is 2. The van der Waals surface area contributed by atoms with Gasteiger partial charge in [0.05, 0.1) is 5.56 Å². The van der Waals surface area contributed by atoms with Crippen molar-refractivity contribution in [2.75, 3.05) is 13.2 Å². The zero-order valence-electron chi connectivity index (χ0n) is 15.4. The van der Waals surface area contributed by atoms with Crippen LogP contribution in [-0.4, -0.2) is 25.0 Å². The van der Waals surface area contributed by atoms with E-state index in [4.69, 9.17) is 14.2 Å². The molecule has 0 bridgehead atoms. The molecule has 3 aromatic carbocycles. The van der Waals surface area contributed by atoms with E-state index in [1.807, 2.05) is 0 Å². The Morgan fingerprint density at radius 3 is 2.41 bits per heavy atom. The Balaban J connectivity index is 1.56. The van der Waals surface area contributed by atoms with Gasteiger partial charge in [0.15, 0.2) is 17.3 Å². The highest BCUT2D eigenvalue weighted by atomic mass is 19.1. The Morgan fingerprint density at radius 2 is 1.62 bits per heavy atom. The number of rotatable bonds is 5. The van der Waals surface area contributed by atoms with Gasteiger partial charge in [-0.2, -0.15) is 0 Å². The number of halogens is 1. The zero-order valence-corrected chi connectivity index (χ0v) is 15.4. The van der Waals surface area contributed by atoms with Gasteiger partial charge >= 0.3 is 5.97 Å². The first-order valence-corrected chi connectivity index (χ1v) is 9.07. The first-order valence-electron chi connectivity index (χ1n) is 9.07. The smallest absolute Gasteiger partial charge is 0.339 e. The maximum atomic E-state index is 13.3. The Hall–Kier alpha value is -3.67. The largest absolute Gasteiger partial charge is 0.486 e. The van der Waals surface area contributed by atoms with Crippen LogP contribution in [-0.2, 0) is 11.3 Å². The third-order valence-electron chi connectivity index (χ3n) is 4.45. The molecule has 0 atom stereocenters. The highest BCUT2D eigenvalue weighted by molar-refractivity contribution is 6.14. The van der Waals surface area contributed by atoms with E-state index in [1.165, 1.54) is 24.3 Å². The van der Waals surface area contributed by atoms with E-state index in [0.717, 1.165) is 0 Å². The van der Waals surface area contributed by atoms with Gasteiger partial charge in [-0.3, -0.25) is 4.79 Å². The van der Waals surface area contributed by atoms with Gasteiger partial charge in [0.2, 0.25) is 0 Å². The molecule has 5 nitrogen and oxygen atoms in total. The molecule has 0 saturated carbocycles. The molecule has 0 saturated heterocycles. The van der Waals surface area contributed by atoms with E-state index in [-0.39, 0.29) is 23.5 Å². The van der Waals surface area contributed by atoms with Gasteiger partial charge in [0, 0.05) is 11.1 Å². The first kappa shape index (κ1) is 18.7. The summed E-state index contributed by atoms with van der Waals surface area (Å²) in [4.78, 5) is 25.6. The molecule has 0 aliphatic carbocycles. The lowest BCUT2D eigenvalue weighted by molar-refractivity contribution is 0.0469. The van der Waals surface area contributed by atoms with Crippen molar-refractivity contribution >= 4 is 11.8 Å². The van der Waals surface area contributed by atoms with Crippen molar-refractivity contribution in [3.8, 4) is 11.5 Å². The van der Waals surface area contributed by atoms with E-state index in [0.29, 0.717) is 35.8 Å². The number of hydrogen-bond donors (Lipinski definition) is 0. The normalized spacial score (nSPS) is 12.3. The molecule has 1 aliphatic rings. The molecule has 29 heavy (non-hydrogen) atoms. The summed E-state index contributed by atoms with van der Waals surface area (Å²) in [5.74, 6) is -0.326. The highest BCUT2D eigenvalue weighted by Gasteiger charge is 2.21. The van der Waals surface area contributed by atoms with Gasteiger partial charge in [-0.15, -0.1) is 0 Å². The molecular formula is C23H17FO5. The second kappa shape index (κ2) is 8.14. The number of benzene rings is 3. The van der Waals surface area contributed by atoms with Crippen LogP contribution in [0.2, 0.25) is 0 Å². The predicted molar refractivity (Wildman–Crippen MR) is 103 cm³/mol. The van der Waals surface area contributed by atoms with E-state index >= 15 is 0 Å². The molecule has 0 radical (unpaired) electrons. The van der Waals surface area contributed by atoms with Crippen LogP contribution in [0.1, 0.15) is 31.8 Å². The van der Waals surface area contributed by atoms with Gasteiger partial charge in [-0.05, 0) is 42.0 Å². The summed E-state index contributed by atoms with van der Waals surface area (Å²) in [6.45, 7) is 0.775. The van der Waals surface area contributed by atoms with Crippen molar-refractivity contribution < 1.29 is 28.2 Å². The second-order valence-corrected chi connectivity index (χ2v) is 6.44. The minimum atomic E-state index is -0.657. The summed E-state index contributed by atoms with van der Waals surface area (Å²) >= 11 is 0. The summed E-state index contributed by atoms with van der Waals surface area (Å²) in [5, 5.41) is 0. The van der Waals surface area contributed by atoms with Crippen LogP contribution in [0.15, 0.2) is 66.7 Å². The molecular weight excluding hydrogens is 375 g/mol. The van der Waals surface area contributed by atoms with Crippen molar-refractivity contribution in [3.05, 3.63) is 94.8 Å². The Bertz CT molecular complexity index is 1080. The molecule has 1 aliphatic heterocycles. The van der Waals surface area contributed by atoms with Gasteiger partial charge < -0.3 is 14.2 Å². The fourth-order valence-electron chi connectivity index (χ4n) is 3.05. The molecule has 1 heterocycles. The zero-order chi connectivity index (χ0) is 20.2. The maximum absolute atomic E-state index is 13.3. The molecule has 0 N–H and O–H groups in total. The predicted octanol–water partition coefficient (Wildman–Crippen LogP) is 4.18. The number of ether oxygens (including phenoxy) is 3. The van der Waals surface area contributed by atoms with Crippen molar-refractivity contribution in [1.82, 2.24) is 0 Å². The minimum absolute atomic E-state index is 0.0941. The number of ketones is 1. The van der Waals surface area contributed by atoms with Gasteiger partial charge in [-0.25, -0.2) is 9.18 Å². The van der Waals surface area contributed by atoms with Crippen LogP contribution in [0, 0.1) is 5.82 Å². The standard InChI is InChI=1S/C23H17FO5/c24-17-5-3-4-15(12-17)14-29-23(26)19-7-2-1-6-18(19)22(25)16-8-9-20-21(13-16)28-11-10-27-20/h1-9,12-13H,10-11,14H2. The lowest BCUT2D eigenvalue weighted by Gasteiger charge is -2.18. The van der Waals surface area contributed by atoms with E-state index in [9.17, 15) is 14.0 Å². The lowest BCUT2D eigenvalue weighted by Crippen LogP contribution is -2.16. The summed E-state index contributed by atoms with van der Waals surface area (Å²) in [6, 6.07) is 17.1. The Labute approximate surface area is 166 Å². The fourth-order valence-corrected chi connectivity index (χ4v) is 3.05. The van der Waals surface area contributed by atoms with Crippen molar-refractivity contribution in [1.29, 1.82) is 0 Å². The maximum Gasteiger partial charge on any atom is 0.339 e. The summed E-state index contributed by atoms with van der Waals surface area (Å²) in [6.07, 6.45) is 0. The second-order valence-electron chi connectivity index (χ2n) is 6.44. The fraction of sp³-hybridized carbons (Fsp3) is 0.130. The molecule has 0 amide bonds. The third-order valence-corrected chi connectivity index (χ3v) is 4.45. The molecule has 3 aromatic rings. The molecule has 0 unspecified atom stereocenters. The van der Waals surface area contributed by atoms with Crippen LogP contribution >= 0.6 is 0 Å². The van der Waals surface area contributed by atoms with E-state index in [1.54, 1.807) is 42.5 Å². The Kier molecular flexibility index (Phi) is 5.24. The number of carbonyl (C=O) groups is 2. The third kappa shape index (κ3) is 4.11. The monoisotopic (exact) mass is 392 g/mol. The SMILES string of the molecule is O=C(OCc1cccc(F)c1)c1ccccc1C(=O)c1ccc2c(c1)OCCO2. The average molecular weight is 392 g/mol. The minimum Gasteiger partial charge on any atom is -0.486 e. The summed E-state index contributed by atoms with van der Waals surface area (Å²) < 4.78 is 29.6. The topological polar surface area (TPSA) is 61.8 Å². The van der Waals surface area contributed by atoms with Crippen LogP contribution in [0.3, 0.4) is 0 Å². The first-order chi connectivity index (χ1) is 14.1. The quantitative estimate of drug-likeness (QED) is 0.481. The summed E-state index contributed by atoms with van der Waals surface area (Å²) in [5.41, 5.74) is 1.26. The van der Waals surface area contributed by atoms with Crippen LogP contribution < -0.4 is 9.47 Å². The van der Waals surface area contributed by atoms with E-state index < -0.39 is 11.8 Å². The molecule has 0 fully saturated rings. The lowest BCUT2D eigenvalue weighted by atomic mass is 9.98. The number of hydrogen-bond acceptors (Lipinski definition) is 5. The molecule has 4 rings (SSSR count). The van der Waals surface area contributed by atoms with Crippen LogP contribution in [0.5, 0.6) is 11.5 Å². The highest BCUT2D eigenvalue weighted by Crippen LogP contribution is 2.31.